The molecule has 32 heavy (non-hydrogen) atoms. The van der Waals surface area contributed by atoms with E-state index in [1.807, 2.05) is 30.3 Å². The lowest BCUT2D eigenvalue weighted by atomic mass is 10.2. The number of hydrogen-bond acceptors (Lipinski definition) is 7. The molecule has 0 aliphatic carbocycles. The van der Waals surface area contributed by atoms with E-state index < -0.39 is 30.9 Å². The van der Waals surface area contributed by atoms with E-state index >= 15 is 0 Å². The molecule has 1 amide bonds. The number of amides is 1. The summed E-state index contributed by atoms with van der Waals surface area (Å²) in [5, 5.41) is 1.85. The van der Waals surface area contributed by atoms with Crippen molar-refractivity contribution in [3.05, 3.63) is 77.1 Å². The molecule has 0 aliphatic rings. The Balaban J connectivity index is 1.77. The summed E-state index contributed by atoms with van der Waals surface area (Å²) in [5.41, 5.74) is 0.800. The molecule has 1 heterocycles. The van der Waals surface area contributed by atoms with Gasteiger partial charge in [0, 0.05) is 25.5 Å². The highest BCUT2D eigenvalue weighted by molar-refractivity contribution is 7.90. The summed E-state index contributed by atoms with van der Waals surface area (Å²) in [4.78, 5) is 19.9. The van der Waals surface area contributed by atoms with Crippen LogP contribution in [0.3, 0.4) is 0 Å². The number of sulfone groups is 1. The van der Waals surface area contributed by atoms with Gasteiger partial charge in [-0.3, -0.25) is 4.79 Å². The van der Waals surface area contributed by atoms with Crippen LogP contribution in [0.2, 0.25) is 5.02 Å². The maximum Gasteiger partial charge on any atom is 0.275 e. The minimum atomic E-state index is -3.75. The molecule has 1 N–H and O–H groups in total. The Morgan fingerprint density at radius 2 is 1.66 bits per heavy atom. The summed E-state index contributed by atoms with van der Waals surface area (Å²) < 4.78 is 50.1. The molecule has 0 aliphatic heterocycles. The van der Waals surface area contributed by atoms with Crippen LogP contribution in [0.1, 0.15) is 16.1 Å². The van der Waals surface area contributed by atoms with Crippen LogP contribution in [0.25, 0.3) is 0 Å². The lowest BCUT2D eigenvalue weighted by Gasteiger charge is -2.17. The second kappa shape index (κ2) is 9.33. The van der Waals surface area contributed by atoms with Crippen molar-refractivity contribution >= 4 is 43.1 Å². The van der Waals surface area contributed by atoms with Gasteiger partial charge < -0.3 is 5.32 Å². The average molecular weight is 495 g/mol. The maximum atomic E-state index is 12.8. The van der Waals surface area contributed by atoms with E-state index in [4.69, 9.17) is 11.6 Å². The molecule has 3 rings (SSSR count). The van der Waals surface area contributed by atoms with Crippen molar-refractivity contribution in [1.82, 2.24) is 14.3 Å². The number of benzene rings is 2. The molecular formula is C20H19ClN4O5S2. The highest BCUT2D eigenvalue weighted by Crippen LogP contribution is 2.21. The Bertz CT molecular complexity index is 1350. The first-order valence-corrected chi connectivity index (χ1v) is 12.8. The minimum Gasteiger partial charge on any atom is -0.321 e. The van der Waals surface area contributed by atoms with Crippen LogP contribution in [0, 0.1) is 0 Å². The predicted molar refractivity (Wildman–Crippen MR) is 120 cm³/mol. The number of nitrogens with zero attached hydrogens (tertiary/aromatic N) is 3. The lowest BCUT2D eigenvalue weighted by Crippen LogP contribution is -2.26. The van der Waals surface area contributed by atoms with Crippen molar-refractivity contribution < 1.29 is 21.6 Å². The SMILES string of the molecule is CN(Cc1ccccc1)S(=O)(=O)c1ccc(NC(=O)c2nc(S(C)(=O)=O)ncc2Cl)cc1. The van der Waals surface area contributed by atoms with Gasteiger partial charge >= 0.3 is 0 Å². The fourth-order valence-electron chi connectivity index (χ4n) is 2.69. The topological polar surface area (TPSA) is 126 Å². The van der Waals surface area contributed by atoms with Gasteiger partial charge in [-0.1, -0.05) is 41.9 Å². The van der Waals surface area contributed by atoms with Crippen LogP contribution in [-0.2, 0) is 26.4 Å². The van der Waals surface area contributed by atoms with E-state index in [2.05, 4.69) is 15.3 Å². The normalized spacial score (nSPS) is 12.0. The first-order valence-electron chi connectivity index (χ1n) is 9.13. The van der Waals surface area contributed by atoms with Crippen molar-refractivity contribution in [2.24, 2.45) is 0 Å². The number of rotatable bonds is 7. The first-order chi connectivity index (χ1) is 15.0. The molecule has 0 saturated carbocycles. The van der Waals surface area contributed by atoms with Crippen LogP contribution in [-0.4, -0.2) is 50.3 Å². The van der Waals surface area contributed by atoms with Crippen molar-refractivity contribution in [2.75, 3.05) is 18.6 Å². The Morgan fingerprint density at radius 1 is 1.03 bits per heavy atom. The molecule has 0 saturated heterocycles. The third-order valence-electron chi connectivity index (χ3n) is 4.34. The van der Waals surface area contributed by atoms with Gasteiger partial charge in [0.15, 0.2) is 5.69 Å². The average Bonchev–Trinajstić information content (AvgIpc) is 2.74. The summed E-state index contributed by atoms with van der Waals surface area (Å²) in [5.74, 6) is -0.765. The van der Waals surface area contributed by atoms with Crippen LogP contribution >= 0.6 is 11.6 Å². The van der Waals surface area contributed by atoms with Gasteiger partial charge in [0.1, 0.15) is 0 Å². The zero-order valence-electron chi connectivity index (χ0n) is 17.1. The number of aromatic nitrogens is 2. The third-order valence-corrected chi connectivity index (χ3v) is 7.29. The van der Waals surface area contributed by atoms with E-state index in [1.54, 1.807) is 0 Å². The number of sulfonamides is 1. The van der Waals surface area contributed by atoms with Gasteiger partial charge in [-0.05, 0) is 29.8 Å². The van der Waals surface area contributed by atoms with Crippen molar-refractivity contribution in [1.29, 1.82) is 0 Å². The standard InChI is InChI=1S/C20H19ClN4O5S2/c1-25(13-14-6-4-3-5-7-14)32(29,30)16-10-8-15(9-11-16)23-19(26)18-17(21)12-22-20(24-18)31(2,27)28/h3-12H,13H2,1-2H3,(H,23,26). The van der Waals surface area contributed by atoms with Gasteiger partial charge in [0.25, 0.3) is 5.91 Å². The van der Waals surface area contributed by atoms with Gasteiger partial charge in [0.2, 0.25) is 25.0 Å². The molecule has 12 heteroatoms. The zero-order chi connectivity index (χ0) is 23.5. The summed E-state index contributed by atoms with van der Waals surface area (Å²) >= 11 is 5.93. The van der Waals surface area contributed by atoms with Crippen LogP contribution < -0.4 is 5.32 Å². The summed E-state index contributed by atoms with van der Waals surface area (Å²) in [6.45, 7) is 0.205. The van der Waals surface area contributed by atoms with E-state index in [9.17, 15) is 21.6 Å². The summed E-state index contributed by atoms with van der Waals surface area (Å²) in [6, 6.07) is 14.7. The van der Waals surface area contributed by atoms with Gasteiger partial charge in [-0.2, -0.15) is 4.31 Å². The number of carbonyl (C=O) groups excluding carboxylic acids is 1. The van der Waals surface area contributed by atoms with Crippen LogP contribution in [0.5, 0.6) is 0 Å². The fraction of sp³-hybridized carbons (Fsp3) is 0.150. The summed E-state index contributed by atoms with van der Waals surface area (Å²) in [7, 11) is -6.00. The molecule has 0 fully saturated rings. The van der Waals surface area contributed by atoms with E-state index in [1.165, 1.54) is 35.6 Å². The molecule has 2 aromatic carbocycles. The Labute approximate surface area is 191 Å². The Kier molecular flexibility index (Phi) is 6.94. The second-order valence-corrected chi connectivity index (χ2v) is 11.2. The molecule has 9 nitrogen and oxygen atoms in total. The number of carbonyl (C=O) groups is 1. The molecule has 0 spiro atoms. The predicted octanol–water partition coefficient (Wildman–Crippen LogP) is 2.61. The number of anilines is 1. The van der Waals surface area contributed by atoms with Crippen LogP contribution in [0.15, 0.2) is 70.8 Å². The van der Waals surface area contributed by atoms with Crippen molar-refractivity contribution in [2.45, 2.75) is 16.6 Å². The van der Waals surface area contributed by atoms with Crippen molar-refractivity contribution in [3.63, 3.8) is 0 Å². The van der Waals surface area contributed by atoms with Crippen LogP contribution in [0.4, 0.5) is 5.69 Å². The second-order valence-electron chi connectivity index (χ2n) is 6.85. The lowest BCUT2D eigenvalue weighted by molar-refractivity contribution is 0.102. The highest BCUT2D eigenvalue weighted by Gasteiger charge is 2.22. The molecular weight excluding hydrogens is 476 g/mol. The number of nitrogens with one attached hydrogen (secondary N) is 1. The van der Waals surface area contributed by atoms with Crippen molar-refractivity contribution in [3.8, 4) is 0 Å². The molecule has 0 unspecified atom stereocenters. The van der Waals surface area contributed by atoms with E-state index in [-0.39, 0.29) is 27.8 Å². The Morgan fingerprint density at radius 3 is 2.25 bits per heavy atom. The number of hydrogen-bond donors (Lipinski definition) is 1. The fourth-order valence-corrected chi connectivity index (χ4v) is 4.53. The number of halogens is 1. The quantitative estimate of drug-likeness (QED) is 0.500. The maximum absolute atomic E-state index is 12.8. The van der Waals surface area contributed by atoms with E-state index in [0.717, 1.165) is 18.0 Å². The van der Waals surface area contributed by atoms with E-state index in [0.29, 0.717) is 0 Å². The molecule has 3 aromatic rings. The van der Waals surface area contributed by atoms with Gasteiger partial charge in [0.05, 0.1) is 16.1 Å². The molecule has 0 bridgehead atoms. The molecule has 0 atom stereocenters. The third kappa shape index (κ3) is 5.49. The highest BCUT2D eigenvalue weighted by atomic mass is 35.5. The zero-order valence-corrected chi connectivity index (χ0v) is 19.4. The molecule has 1 aromatic heterocycles. The van der Waals surface area contributed by atoms with Gasteiger partial charge in [-0.25, -0.2) is 26.8 Å². The Hall–Kier alpha value is -2.86. The minimum absolute atomic E-state index is 0.0494. The van der Waals surface area contributed by atoms with Gasteiger partial charge in [-0.15, -0.1) is 0 Å². The smallest absolute Gasteiger partial charge is 0.275 e. The monoisotopic (exact) mass is 494 g/mol. The first kappa shape index (κ1) is 23.8. The molecule has 168 valence electrons. The molecule has 0 radical (unpaired) electrons. The summed E-state index contributed by atoms with van der Waals surface area (Å²) in [6.07, 6.45) is 1.93. The largest absolute Gasteiger partial charge is 0.321 e.